The first-order valence-electron chi connectivity index (χ1n) is 10.4. The van der Waals surface area contributed by atoms with Crippen molar-refractivity contribution < 1.29 is 27.5 Å². The number of hydrazine groups is 1. The summed E-state index contributed by atoms with van der Waals surface area (Å²) in [6.07, 6.45) is -0.543. The molecule has 178 valence electrons. The van der Waals surface area contributed by atoms with E-state index in [1.54, 1.807) is 38.1 Å². The van der Waals surface area contributed by atoms with E-state index < -0.39 is 21.8 Å². The van der Waals surface area contributed by atoms with E-state index in [0.717, 1.165) is 0 Å². The number of amides is 2. The second kappa shape index (κ2) is 10.5. The number of sulfonamides is 1. The van der Waals surface area contributed by atoms with Crippen LogP contribution in [-0.4, -0.2) is 56.4 Å². The minimum atomic E-state index is -3.96. The molecule has 1 saturated heterocycles. The van der Waals surface area contributed by atoms with Gasteiger partial charge < -0.3 is 9.47 Å². The van der Waals surface area contributed by atoms with Gasteiger partial charge in [0.1, 0.15) is 10.6 Å². The molecule has 2 aromatic rings. The number of morpholine rings is 1. The minimum absolute atomic E-state index is 0.00299. The lowest BCUT2D eigenvalue weighted by molar-refractivity contribution is -0.0440. The van der Waals surface area contributed by atoms with Gasteiger partial charge in [-0.25, -0.2) is 8.42 Å². The van der Waals surface area contributed by atoms with Gasteiger partial charge in [-0.1, -0.05) is 11.6 Å². The summed E-state index contributed by atoms with van der Waals surface area (Å²) < 4.78 is 38.6. The molecule has 1 fully saturated rings. The second-order valence-corrected chi connectivity index (χ2v) is 9.90. The highest BCUT2D eigenvalue weighted by Gasteiger charge is 2.33. The van der Waals surface area contributed by atoms with Gasteiger partial charge in [0.25, 0.3) is 11.8 Å². The normalized spacial score (nSPS) is 19.0. The largest absolute Gasteiger partial charge is 0.494 e. The molecule has 2 N–H and O–H groups in total. The van der Waals surface area contributed by atoms with E-state index in [1.165, 1.54) is 22.5 Å². The van der Waals surface area contributed by atoms with Gasteiger partial charge in [0.05, 0.1) is 23.8 Å². The lowest BCUT2D eigenvalue weighted by Gasteiger charge is -2.34. The van der Waals surface area contributed by atoms with Crippen LogP contribution in [0.1, 0.15) is 41.5 Å². The van der Waals surface area contributed by atoms with Crippen molar-refractivity contribution in [3.8, 4) is 5.75 Å². The first-order valence-corrected chi connectivity index (χ1v) is 12.2. The number of ether oxygens (including phenoxy) is 2. The summed E-state index contributed by atoms with van der Waals surface area (Å²) in [5, 5.41) is -0.00299. The van der Waals surface area contributed by atoms with Crippen molar-refractivity contribution in [2.75, 3.05) is 19.7 Å². The SMILES string of the molecule is CCOc1ccc(C(=O)NNC(=O)c2ccc(Cl)c(S(=O)(=O)N3CC(C)OC(C)C3)c2)cc1. The fraction of sp³-hybridized carbons (Fsp3) is 0.364. The van der Waals surface area contributed by atoms with Crippen molar-refractivity contribution in [2.24, 2.45) is 0 Å². The molecule has 0 saturated carbocycles. The average molecular weight is 496 g/mol. The molecule has 2 unspecified atom stereocenters. The Morgan fingerprint density at radius 1 is 1.03 bits per heavy atom. The molecule has 1 heterocycles. The first kappa shape index (κ1) is 25.0. The number of nitrogens with zero attached hydrogens (tertiary/aromatic N) is 1. The molecule has 0 aliphatic carbocycles. The lowest BCUT2D eigenvalue weighted by atomic mass is 10.2. The van der Waals surface area contributed by atoms with Crippen LogP contribution in [0.5, 0.6) is 5.75 Å². The van der Waals surface area contributed by atoms with Crippen LogP contribution in [0.25, 0.3) is 0 Å². The molecule has 33 heavy (non-hydrogen) atoms. The smallest absolute Gasteiger partial charge is 0.269 e. The van der Waals surface area contributed by atoms with E-state index in [-0.39, 0.29) is 40.8 Å². The van der Waals surface area contributed by atoms with Crippen molar-refractivity contribution in [1.29, 1.82) is 0 Å². The van der Waals surface area contributed by atoms with E-state index in [4.69, 9.17) is 21.1 Å². The molecule has 3 rings (SSSR count). The van der Waals surface area contributed by atoms with Crippen LogP contribution in [0.15, 0.2) is 47.4 Å². The fourth-order valence-corrected chi connectivity index (χ4v) is 5.53. The zero-order valence-corrected chi connectivity index (χ0v) is 20.1. The van der Waals surface area contributed by atoms with Crippen LogP contribution in [0.4, 0.5) is 0 Å². The molecule has 0 aromatic heterocycles. The Kier molecular flexibility index (Phi) is 7.96. The average Bonchev–Trinajstić information content (AvgIpc) is 2.77. The molecule has 1 aliphatic rings. The van der Waals surface area contributed by atoms with Crippen LogP contribution in [0.2, 0.25) is 5.02 Å². The van der Waals surface area contributed by atoms with Gasteiger partial charge in [-0.3, -0.25) is 20.4 Å². The predicted octanol–water partition coefficient (Wildman–Crippen LogP) is 2.61. The number of carbonyl (C=O) groups is 2. The Bertz CT molecular complexity index is 1110. The highest BCUT2D eigenvalue weighted by atomic mass is 35.5. The third-order valence-corrected chi connectivity index (χ3v) is 7.23. The van der Waals surface area contributed by atoms with Crippen molar-refractivity contribution in [3.05, 3.63) is 58.6 Å². The van der Waals surface area contributed by atoms with E-state index in [9.17, 15) is 18.0 Å². The van der Waals surface area contributed by atoms with Crippen LogP contribution in [-0.2, 0) is 14.8 Å². The molecule has 0 spiro atoms. The third-order valence-electron chi connectivity index (χ3n) is 4.91. The van der Waals surface area contributed by atoms with E-state index in [1.807, 2.05) is 6.92 Å². The van der Waals surface area contributed by atoms with E-state index >= 15 is 0 Å². The van der Waals surface area contributed by atoms with Crippen LogP contribution < -0.4 is 15.6 Å². The summed E-state index contributed by atoms with van der Waals surface area (Å²) in [5.74, 6) is -0.604. The Morgan fingerprint density at radius 2 is 1.58 bits per heavy atom. The van der Waals surface area contributed by atoms with E-state index in [2.05, 4.69) is 10.9 Å². The Balaban J connectivity index is 1.71. The zero-order valence-electron chi connectivity index (χ0n) is 18.5. The highest BCUT2D eigenvalue weighted by molar-refractivity contribution is 7.89. The summed E-state index contributed by atoms with van der Waals surface area (Å²) in [6, 6.07) is 10.3. The number of rotatable bonds is 6. The van der Waals surface area contributed by atoms with Gasteiger partial charge >= 0.3 is 0 Å². The number of benzene rings is 2. The van der Waals surface area contributed by atoms with Gasteiger partial charge in [0.15, 0.2) is 0 Å². The van der Waals surface area contributed by atoms with Gasteiger partial charge in [-0.2, -0.15) is 4.31 Å². The number of halogens is 1. The molecule has 2 amide bonds. The number of hydrogen-bond donors (Lipinski definition) is 2. The maximum absolute atomic E-state index is 13.2. The van der Waals surface area contributed by atoms with Gasteiger partial charge in [0, 0.05) is 24.2 Å². The van der Waals surface area contributed by atoms with Crippen LogP contribution >= 0.6 is 11.6 Å². The van der Waals surface area contributed by atoms with Crippen molar-refractivity contribution in [1.82, 2.24) is 15.2 Å². The molecule has 0 radical (unpaired) electrons. The summed E-state index contributed by atoms with van der Waals surface area (Å²) in [5.41, 5.74) is 4.94. The molecule has 0 bridgehead atoms. The van der Waals surface area contributed by atoms with Crippen molar-refractivity contribution in [2.45, 2.75) is 37.9 Å². The summed E-state index contributed by atoms with van der Waals surface area (Å²) in [4.78, 5) is 24.7. The predicted molar refractivity (Wildman–Crippen MR) is 123 cm³/mol. The van der Waals surface area contributed by atoms with E-state index in [0.29, 0.717) is 17.9 Å². The summed E-state index contributed by atoms with van der Waals surface area (Å²) in [7, 11) is -3.96. The molecule has 2 atom stereocenters. The van der Waals surface area contributed by atoms with Crippen LogP contribution in [0, 0.1) is 0 Å². The molecule has 1 aliphatic heterocycles. The maximum atomic E-state index is 13.2. The first-order chi connectivity index (χ1) is 15.6. The fourth-order valence-electron chi connectivity index (χ4n) is 3.44. The maximum Gasteiger partial charge on any atom is 0.269 e. The monoisotopic (exact) mass is 495 g/mol. The molecule has 2 aromatic carbocycles. The number of hydrogen-bond acceptors (Lipinski definition) is 6. The standard InChI is InChI=1S/C22H26ClN3O6S/c1-4-31-18-8-5-16(6-9-18)21(27)24-25-22(28)17-7-10-19(23)20(11-17)33(29,30)26-12-14(2)32-15(3)13-26/h5-11,14-15H,4,12-13H2,1-3H3,(H,24,27)(H,25,28). The summed E-state index contributed by atoms with van der Waals surface area (Å²) in [6.45, 7) is 6.29. The quantitative estimate of drug-likeness (QED) is 0.595. The zero-order chi connectivity index (χ0) is 24.2. The third kappa shape index (κ3) is 6.02. The molecular formula is C22H26ClN3O6S. The molecule has 11 heteroatoms. The minimum Gasteiger partial charge on any atom is -0.494 e. The van der Waals surface area contributed by atoms with Crippen molar-refractivity contribution >= 4 is 33.4 Å². The highest BCUT2D eigenvalue weighted by Crippen LogP contribution is 2.28. The summed E-state index contributed by atoms with van der Waals surface area (Å²) >= 11 is 6.17. The lowest BCUT2D eigenvalue weighted by Crippen LogP contribution is -2.48. The van der Waals surface area contributed by atoms with Crippen LogP contribution in [0.3, 0.4) is 0 Å². The number of nitrogens with one attached hydrogen (secondary N) is 2. The van der Waals surface area contributed by atoms with Gasteiger partial charge in [-0.15, -0.1) is 0 Å². The second-order valence-electron chi connectivity index (χ2n) is 7.59. The number of carbonyl (C=O) groups excluding carboxylic acids is 2. The Labute approximate surface area is 198 Å². The van der Waals surface area contributed by atoms with Crippen molar-refractivity contribution in [3.63, 3.8) is 0 Å². The molecular weight excluding hydrogens is 470 g/mol. The van der Waals surface area contributed by atoms with Gasteiger partial charge in [0.2, 0.25) is 10.0 Å². The Morgan fingerprint density at radius 3 is 2.15 bits per heavy atom. The molecule has 9 nitrogen and oxygen atoms in total. The Hall–Kier alpha value is -2.66. The topological polar surface area (TPSA) is 114 Å². The van der Waals surface area contributed by atoms with Gasteiger partial charge in [-0.05, 0) is 63.2 Å².